The standard InChI is InChI=1S/C20H18N2O6/c1-27-14-8-9-15(17(10-14)28-2)16(23)12-22-19(25)18(24)21(20(22)26)11-13-6-4-3-5-7-13/h3-10H,11-12H2,1-2H3. The minimum atomic E-state index is -1.03. The first kappa shape index (κ1) is 19.1. The molecule has 1 saturated heterocycles. The van der Waals surface area contributed by atoms with Crippen LogP contribution in [0.15, 0.2) is 48.5 Å². The van der Waals surface area contributed by atoms with Gasteiger partial charge < -0.3 is 9.47 Å². The first-order valence-corrected chi connectivity index (χ1v) is 8.42. The molecule has 0 saturated carbocycles. The van der Waals surface area contributed by atoms with Crippen LogP contribution in [-0.4, -0.2) is 54.2 Å². The van der Waals surface area contributed by atoms with Crippen LogP contribution in [0.25, 0.3) is 0 Å². The van der Waals surface area contributed by atoms with E-state index in [1.54, 1.807) is 36.4 Å². The fraction of sp³-hybridized carbons (Fsp3) is 0.200. The van der Waals surface area contributed by atoms with E-state index in [0.717, 1.165) is 4.90 Å². The number of ketones is 1. The molecule has 1 aliphatic rings. The van der Waals surface area contributed by atoms with Crippen molar-refractivity contribution in [1.82, 2.24) is 9.80 Å². The van der Waals surface area contributed by atoms with E-state index in [-0.39, 0.29) is 17.9 Å². The number of Topliss-reactive ketones (excluding diaryl/α,β-unsaturated/α-hetero) is 1. The summed E-state index contributed by atoms with van der Waals surface area (Å²) in [7, 11) is 2.87. The number of amides is 4. The highest BCUT2D eigenvalue weighted by Gasteiger charge is 2.45. The molecule has 0 atom stereocenters. The number of carbonyl (C=O) groups is 4. The second kappa shape index (κ2) is 7.91. The first-order valence-electron chi connectivity index (χ1n) is 8.42. The minimum absolute atomic E-state index is 0.0409. The highest BCUT2D eigenvalue weighted by molar-refractivity contribution is 6.45. The largest absolute Gasteiger partial charge is 0.497 e. The smallest absolute Gasteiger partial charge is 0.334 e. The molecule has 0 unspecified atom stereocenters. The number of hydrogen-bond acceptors (Lipinski definition) is 6. The third-order valence-corrected chi connectivity index (χ3v) is 4.33. The van der Waals surface area contributed by atoms with E-state index in [0.29, 0.717) is 16.2 Å². The number of carbonyl (C=O) groups excluding carboxylic acids is 4. The van der Waals surface area contributed by atoms with Crippen LogP contribution >= 0.6 is 0 Å². The molecule has 1 fully saturated rings. The fourth-order valence-electron chi connectivity index (χ4n) is 2.85. The Balaban J connectivity index is 1.79. The zero-order chi connectivity index (χ0) is 20.3. The minimum Gasteiger partial charge on any atom is -0.497 e. The molecular weight excluding hydrogens is 364 g/mol. The van der Waals surface area contributed by atoms with Crippen molar-refractivity contribution in [3.8, 4) is 11.5 Å². The second-order valence-electron chi connectivity index (χ2n) is 6.04. The molecule has 0 spiro atoms. The zero-order valence-electron chi connectivity index (χ0n) is 15.4. The quantitative estimate of drug-likeness (QED) is 0.412. The summed E-state index contributed by atoms with van der Waals surface area (Å²) >= 11 is 0. The van der Waals surface area contributed by atoms with Gasteiger partial charge in [-0.2, -0.15) is 0 Å². The number of rotatable bonds is 7. The summed E-state index contributed by atoms with van der Waals surface area (Å²) in [5.74, 6) is -1.78. The van der Waals surface area contributed by atoms with Gasteiger partial charge in [-0.1, -0.05) is 30.3 Å². The maximum atomic E-state index is 12.6. The predicted molar refractivity (Wildman–Crippen MR) is 98.0 cm³/mol. The molecule has 4 amide bonds. The van der Waals surface area contributed by atoms with E-state index in [1.165, 1.54) is 26.4 Å². The number of nitrogens with zero attached hydrogens (tertiary/aromatic N) is 2. The van der Waals surface area contributed by atoms with Gasteiger partial charge in [0.05, 0.1) is 32.9 Å². The van der Waals surface area contributed by atoms with Gasteiger partial charge in [0.2, 0.25) is 0 Å². The van der Waals surface area contributed by atoms with Gasteiger partial charge in [-0.05, 0) is 17.7 Å². The lowest BCUT2D eigenvalue weighted by molar-refractivity contribution is -0.143. The molecule has 0 aliphatic carbocycles. The summed E-state index contributed by atoms with van der Waals surface area (Å²) in [6.45, 7) is -0.599. The van der Waals surface area contributed by atoms with Crippen molar-refractivity contribution < 1.29 is 28.7 Å². The van der Waals surface area contributed by atoms with Crippen molar-refractivity contribution in [3.05, 3.63) is 59.7 Å². The summed E-state index contributed by atoms with van der Waals surface area (Å²) < 4.78 is 10.3. The first-order chi connectivity index (χ1) is 13.5. The van der Waals surface area contributed by atoms with Gasteiger partial charge in [-0.25, -0.2) is 9.69 Å². The van der Waals surface area contributed by atoms with E-state index in [9.17, 15) is 19.2 Å². The van der Waals surface area contributed by atoms with Crippen molar-refractivity contribution in [2.24, 2.45) is 0 Å². The third kappa shape index (κ3) is 3.57. The lowest BCUT2D eigenvalue weighted by Gasteiger charge is -2.16. The van der Waals surface area contributed by atoms with E-state index in [2.05, 4.69) is 0 Å². The Morgan fingerprint density at radius 1 is 0.893 bits per heavy atom. The lowest BCUT2D eigenvalue weighted by atomic mass is 10.1. The van der Waals surface area contributed by atoms with Crippen LogP contribution in [0.3, 0.4) is 0 Å². The number of methoxy groups -OCH3 is 2. The van der Waals surface area contributed by atoms with Gasteiger partial charge in [-0.15, -0.1) is 0 Å². The summed E-state index contributed by atoms with van der Waals surface area (Å²) in [6.07, 6.45) is 0. The average molecular weight is 382 g/mol. The highest BCUT2D eigenvalue weighted by Crippen LogP contribution is 2.26. The predicted octanol–water partition coefficient (Wildman–Crippen LogP) is 1.88. The summed E-state index contributed by atoms with van der Waals surface area (Å²) in [5.41, 5.74) is 0.875. The van der Waals surface area contributed by atoms with Crippen molar-refractivity contribution in [1.29, 1.82) is 0 Å². The number of urea groups is 1. The number of benzene rings is 2. The topological polar surface area (TPSA) is 93.2 Å². The van der Waals surface area contributed by atoms with Crippen molar-refractivity contribution in [2.45, 2.75) is 6.54 Å². The Morgan fingerprint density at radius 3 is 2.21 bits per heavy atom. The van der Waals surface area contributed by atoms with Crippen LogP contribution in [0.5, 0.6) is 11.5 Å². The molecule has 28 heavy (non-hydrogen) atoms. The second-order valence-corrected chi connectivity index (χ2v) is 6.04. The molecule has 2 aromatic carbocycles. The molecule has 1 heterocycles. The molecule has 0 radical (unpaired) electrons. The van der Waals surface area contributed by atoms with Crippen molar-refractivity contribution >= 4 is 23.6 Å². The molecular formula is C20H18N2O6. The SMILES string of the molecule is COc1ccc(C(=O)CN2C(=O)C(=O)N(Cc3ccccc3)C2=O)c(OC)c1. The molecule has 0 N–H and O–H groups in total. The summed E-state index contributed by atoms with van der Waals surface area (Å²) in [4.78, 5) is 51.1. The van der Waals surface area contributed by atoms with Gasteiger partial charge in [0.15, 0.2) is 5.78 Å². The number of imide groups is 2. The van der Waals surface area contributed by atoms with Crippen molar-refractivity contribution in [2.75, 3.05) is 20.8 Å². The van der Waals surface area contributed by atoms with Gasteiger partial charge in [-0.3, -0.25) is 19.3 Å². The highest BCUT2D eigenvalue weighted by atomic mass is 16.5. The van der Waals surface area contributed by atoms with Gasteiger partial charge >= 0.3 is 17.8 Å². The van der Waals surface area contributed by atoms with Crippen LogP contribution < -0.4 is 9.47 Å². The Hall–Kier alpha value is -3.68. The Bertz CT molecular complexity index is 941. The van der Waals surface area contributed by atoms with Crippen molar-refractivity contribution in [3.63, 3.8) is 0 Å². The number of ether oxygens (including phenoxy) is 2. The molecule has 8 nitrogen and oxygen atoms in total. The molecule has 0 bridgehead atoms. The third-order valence-electron chi connectivity index (χ3n) is 4.33. The molecule has 0 aromatic heterocycles. The van der Waals surface area contributed by atoms with Crippen LogP contribution in [0, 0.1) is 0 Å². The van der Waals surface area contributed by atoms with E-state index in [1.807, 2.05) is 0 Å². The lowest BCUT2D eigenvalue weighted by Crippen LogP contribution is -2.37. The van der Waals surface area contributed by atoms with Gasteiger partial charge in [0, 0.05) is 6.07 Å². The molecule has 3 rings (SSSR count). The number of hydrogen-bond donors (Lipinski definition) is 0. The van der Waals surface area contributed by atoms with Crippen LogP contribution in [-0.2, 0) is 16.1 Å². The maximum Gasteiger partial charge on any atom is 0.334 e. The summed E-state index contributed by atoms with van der Waals surface area (Å²) in [5, 5.41) is 0. The fourth-order valence-corrected chi connectivity index (χ4v) is 2.85. The monoisotopic (exact) mass is 382 g/mol. The Kier molecular flexibility index (Phi) is 5.39. The summed E-state index contributed by atoms with van der Waals surface area (Å²) in [6, 6.07) is 12.6. The van der Waals surface area contributed by atoms with E-state index < -0.39 is 30.2 Å². The van der Waals surface area contributed by atoms with Crippen LogP contribution in [0.2, 0.25) is 0 Å². The zero-order valence-corrected chi connectivity index (χ0v) is 15.4. The van der Waals surface area contributed by atoms with Gasteiger partial charge in [0.1, 0.15) is 11.5 Å². The Morgan fingerprint density at radius 2 is 1.57 bits per heavy atom. The average Bonchev–Trinajstić information content (AvgIpc) is 2.92. The normalized spacial score (nSPS) is 13.9. The molecule has 2 aromatic rings. The molecule has 8 heteroatoms. The van der Waals surface area contributed by atoms with Crippen LogP contribution in [0.4, 0.5) is 4.79 Å². The molecule has 144 valence electrons. The van der Waals surface area contributed by atoms with Gasteiger partial charge in [0.25, 0.3) is 0 Å². The van der Waals surface area contributed by atoms with E-state index >= 15 is 0 Å². The molecule has 1 aliphatic heterocycles. The maximum absolute atomic E-state index is 12.6. The Labute approximate surface area is 161 Å². The van der Waals surface area contributed by atoms with Crippen LogP contribution in [0.1, 0.15) is 15.9 Å². The van der Waals surface area contributed by atoms with E-state index in [4.69, 9.17) is 9.47 Å².